The number of carbonyl (C=O) groups excluding carboxylic acids is 1. The minimum atomic E-state index is -1.00. The predicted molar refractivity (Wildman–Crippen MR) is 89.7 cm³/mol. The first kappa shape index (κ1) is 19.0. The van der Waals surface area contributed by atoms with E-state index in [9.17, 15) is 9.59 Å². The summed E-state index contributed by atoms with van der Waals surface area (Å²) in [7, 11) is 0. The Balaban J connectivity index is 2.44. The number of rotatable bonds is 9. The van der Waals surface area contributed by atoms with Crippen molar-refractivity contribution in [2.24, 2.45) is 5.92 Å². The van der Waals surface area contributed by atoms with Crippen LogP contribution in [0.25, 0.3) is 0 Å². The van der Waals surface area contributed by atoms with E-state index in [0.717, 1.165) is 5.75 Å². The number of nitrogens with one attached hydrogen (secondary N) is 1. The number of aliphatic carboxylic acids is 1. The van der Waals surface area contributed by atoms with Gasteiger partial charge in [-0.1, -0.05) is 39.8 Å². The minimum Gasteiger partial charge on any atom is -0.493 e. The summed E-state index contributed by atoms with van der Waals surface area (Å²) in [5.41, 5.74) is 1.18. The van der Waals surface area contributed by atoms with Gasteiger partial charge in [-0.15, -0.1) is 0 Å². The molecule has 23 heavy (non-hydrogen) atoms. The van der Waals surface area contributed by atoms with Crippen molar-refractivity contribution < 1.29 is 19.4 Å². The van der Waals surface area contributed by atoms with Crippen molar-refractivity contribution in [1.29, 1.82) is 0 Å². The van der Waals surface area contributed by atoms with Crippen molar-refractivity contribution in [3.63, 3.8) is 0 Å². The molecule has 0 saturated heterocycles. The molecule has 1 aromatic rings. The average Bonchev–Trinajstić information content (AvgIpc) is 2.46. The molecule has 128 valence electrons. The summed E-state index contributed by atoms with van der Waals surface area (Å²) < 4.78 is 5.58. The van der Waals surface area contributed by atoms with Gasteiger partial charge in [0.1, 0.15) is 11.8 Å². The van der Waals surface area contributed by atoms with Gasteiger partial charge in [0.15, 0.2) is 0 Å². The normalized spacial score (nSPS) is 12.3. The molecule has 0 heterocycles. The van der Waals surface area contributed by atoms with Crippen LogP contribution in [0.15, 0.2) is 24.3 Å². The largest absolute Gasteiger partial charge is 0.493 e. The molecule has 0 aromatic heterocycles. The molecule has 0 aliphatic carbocycles. The zero-order chi connectivity index (χ0) is 17.4. The maximum absolute atomic E-state index is 11.9. The molecule has 5 heteroatoms. The molecule has 5 nitrogen and oxygen atoms in total. The molecule has 2 N–H and O–H groups in total. The quantitative estimate of drug-likeness (QED) is 0.732. The molecule has 0 radical (unpaired) electrons. The predicted octanol–water partition coefficient (Wildman–Crippen LogP) is 3.19. The first-order valence-electron chi connectivity index (χ1n) is 8.04. The lowest BCUT2D eigenvalue weighted by molar-refractivity contribution is -0.142. The van der Waals surface area contributed by atoms with Crippen molar-refractivity contribution in [2.45, 2.75) is 52.5 Å². The van der Waals surface area contributed by atoms with E-state index in [-0.39, 0.29) is 24.9 Å². The lowest BCUT2D eigenvalue weighted by atomic mass is 10.0. The molecule has 0 spiro atoms. The lowest BCUT2D eigenvalue weighted by Gasteiger charge is -2.16. The van der Waals surface area contributed by atoms with Gasteiger partial charge in [-0.05, 0) is 36.0 Å². The monoisotopic (exact) mass is 321 g/mol. The fourth-order valence-electron chi connectivity index (χ4n) is 2.18. The Kier molecular flexibility index (Phi) is 7.59. The number of carboxylic acids is 1. The first-order valence-corrected chi connectivity index (χ1v) is 8.04. The SMILES string of the molecule is CC(C)CC(NC(=O)CCOc1cccc(C(C)C)c1)C(=O)O. The van der Waals surface area contributed by atoms with Crippen LogP contribution < -0.4 is 10.1 Å². The van der Waals surface area contributed by atoms with E-state index >= 15 is 0 Å². The van der Waals surface area contributed by atoms with E-state index in [0.29, 0.717) is 12.3 Å². The molecule has 1 aromatic carbocycles. The Labute approximate surface area is 138 Å². The third kappa shape index (κ3) is 7.17. The Morgan fingerprint density at radius 1 is 1.22 bits per heavy atom. The summed E-state index contributed by atoms with van der Waals surface area (Å²) in [4.78, 5) is 23.0. The minimum absolute atomic E-state index is 0.133. The molecule has 1 atom stereocenters. The second kappa shape index (κ2) is 9.18. The van der Waals surface area contributed by atoms with Gasteiger partial charge in [-0.25, -0.2) is 4.79 Å². The smallest absolute Gasteiger partial charge is 0.326 e. The van der Waals surface area contributed by atoms with Crippen LogP contribution in [0.3, 0.4) is 0 Å². The lowest BCUT2D eigenvalue weighted by Crippen LogP contribution is -2.42. The Bertz CT molecular complexity index is 526. The summed E-state index contributed by atoms with van der Waals surface area (Å²) in [6.45, 7) is 8.28. The van der Waals surface area contributed by atoms with Crippen LogP contribution in [-0.2, 0) is 9.59 Å². The van der Waals surface area contributed by atoms with Crippen molar-refractivity contribution in [3.8, 4) is 5.75 Å². The van der Waals surface area contributed by atoms with Gasteiger partial charge in [0, 0.05) is 0 Å². The highest BCUT2D eigenvalue weighted by atomic mass is 16.5. The van der Waals surface area contributed by atoms with Crippen LogP contribution in [0.5, 0.6) is 5.75 Å². The summed E-state index contributed by atoms with van der Waals surface area (Å²) in [6, 6.07) is 6.93. The zero-order valence-electron chi connectivity index (χ0n) is 14.3. The van der Waals surface area contributed by atoms with Gasteiger partial charge in [0.25, 0.3) is 0 Å². The van der Waals surface area contributed by atoms with Gasteiger partial charge >= 0.3 is 5.97 Å². The van der Waals surface area contributed by atoms with E-state index in [1.165, 1.54) is 5.56 Å². The molecule has 0 fully saturated rings. The molecular formula is C18H27NO4. The van der Waals surface area contributed by atoms with Crippen LogP contribution in [0.4, 0.5) is 0 Å². The molecule has 0 bridgehead atoms. The number of carboxylic acid groups (broad SMARTS) is 1. The second-order valence-corrected chi connectivity index (χ2v) is 6.41. The molecule has 0 saturated carbocycles. The fraction of sp³-hybridized carbons (Fsp3) is 0.556. The molecule has 0 aliphatic rings. The van der Waals surface area contributed by atoms with Crippen LogP contribution in [-0.4, -0.2) is 29.6 Å². The number of ether oxygens (including phenoxy) is 1. The zero-order valence-corrected chi connectivity index (χ0v) is 14.3. The molecule has 1 unspecified atom stereocenters. The van der Waals surface area contributed by atoms with E-state index in [1.54, 1.807) is 0 Å². The fourth-order valence-corrected chi connectivity index (χ4v) is 2.18. The van der Waals surface area contributed by atoms with Crippen LogP contribution in [0, 0.1) is 5.92 Å². The summed E-state index contributed by atoms with van der Waals surface area (Å²) in [6.07, 6.45) is 0.548. The molecule has 1 rings (SSSR count). The number of benzene rings is 1. The highest BCUT2D eigenvalue weighted by Crippen LogP contribution is 2.20. The van der Waals surface area contributed by atoms with Gasteiger partial charge in [-0.2, -0.15) is 0 Å². The topological polar surface area (TPSA) is 75.6 Å². The Morgan fingerprint density at radius 3 is 2.48 bits per heavy atom. The van der Waals surface area contributed by atoms with Gasteiger partial charge < -0.3 is 15.2 Å². The number of carbonyl (C=O) groups is 2. The number of hydrogen-bond acceptors (Lipinski definition) is 3. The summed E-state index contributed by atoms with van der Waals surface area (Å²) >= 11 is 0. The highest BCUT2D eigenvalue weighted by molar-refractivity contribution is 5.83. The van der Waals surface area contributed by atoms with E-state index < -0.39 is 12.0 Å². The first-order chi connectivity index (χ1) is 10.8. The van der Waals surface area contributed by atoms with Crippen LogP contribution in [0.1, 0.15) is 52.0 Å². The summed E-state index contributed by atoms with van der Waals surface area (Å²) in [5.74, 6) is 0.0252. The molecule has 1 amide bonds. The van der Waals surface area contributed by atoms with Crippen molar-refractivity contribution in [2.75, 3.05) is 6.61 Å². The van der Waals surface area contributed by atoms with Crippen molar-refractivity contribution in [1.82, 2.24) is 5.32 Å². The molecule has 0 aliphatic heterocycles. The number of amides is 1. The maximum Gasteiger partial charge on any atom is 0.326 e. The van der Waals surface area contributed by atoms with E-state index in [2.05, 4.69) is 19.2 Å². The Hall–Kier alpha value is -2.04. The van der Waals surface area contributed by atoms with Gasteiger partial charge in [0.2, 0.25) is 5.91 Å². The summed E-state index contributed by atoms with van der Waals surface area (Å²) in [5, 5.41) is 11.7. The number of hydrogen-bond donors (Lipinski definition) is 2. The highest BCUT2D eigenvalue weighted by Gasteiger charge is 2.20. The standard InChI is InChI=1S/C18H27NO4/c1-12(2)10-16(18(21)22)19-17(20)8-9-23-15-7-5-6-14(11-15)13(3)4/h5-7,11-13,16H,8-10H2,1-4H3,(H,19,20)(H,21,22). The van der Waals surface area contributed by atoms with Gasteiger partial charge in [-0.3, -0.25) is 4.79 Å². The third-order valence-corrected chi connectivity index (χ3v) is 3.46. The average molecular weight is 321 g/mol. The van der Waals surface area contributed by atoms with E-state index in [1.807, 2.05) is 38.1 Å². The van der Waals surface area contributed by atoms with Crippen molar-refractivity contribution >= 4 is 11.9 Å². The third-order valence-electron chi connectivity index (χ3n) is 3.46. The van der Waals surface area contributed by atoms with Crippen LogP contribution >= 0.6 is 0 Å². The second-order valence-electron chi connectivity index (χ2n) is 6.41. The van der Waals surface area contributed by atoms with E-state index in [4.69, 9.17) is 9.84 Å². The van der Waals surface area contributed by atoms with Crippen LogP contribution in [0.2, 0.25) is 0 Å². The van der Waals surface area contributed by atoms with Gasteiger partial charge in [0.05, 0.1) is 13.0 Å². The Morgan fingerprint density at radius 2 is 1.91 bits per heavy atom. The molecular weight excluding hydrogens is 294 g/mol. The maximum atomic E-state index is 11.9. The van der Waals surface area contributed by atoms with Crippen molar-refractivity contribution in [3.05, 3.63) is 29.8 Å².